The third kappa shape index (κ3) is 4.32. The first-order valence-electron chi connectivity index (χ1n) is 9.66. The van der Waals surface area contributed by atoms with Gasteiger partial charge in [0.1, 0.15) is 21.8 Å². The average molecular weight is 476 g/mol. The van der Waals surface area contributed by atoms with Crippen molar-refractivity contribution in [1.29, 1.82) is 0 Å². The van der Waals surface area contributed by atoms with Gasteiger partial charge in [-0.2, -0.15) is 8.78 Å². The molecule has 7 heteroatoms. The predicted octanol–water partition coefficient (Wildman–Crippen LogP) is 5.92. The fraction of sp³-hybridized carbons (Fsp3) is 0.667. The van der Waals surface area contributed by atoms with Crippen molar-refractivity contribution in [2.45, 2.75) is 71.3 Å². The Morgan fingerprint density at radius 1 is 1.25 bits per heavy atom. The quantitative estimate of drug-likeness (QED) is 0.509. The Labute approximate surface area is 177 Å². The van der Waals surface area contributed by atoms with Crippen LogP contribution in [0.15, 0.2) is 27.1 Å². The molecule has 28 heavy (non-hydrogen) atoms. The number of hydrogen-bond acceptors (Lipinski definition) is 3. The largest absolute Gasteiger partial charge is 0.591 e. The lowest BCUT2D eigenvalue weighted by Gasteiger charge is -2.45. The fourth-order valence-corrected chi connectivity index (χ4v) is 5.95. The highest BCUT2D eigenvalue weighted by Gasteiger charge is 2.52. The molecule has 3 rings (SSSR count). The molecule has 0 N–H and O–H groups in total. The lowest BCUT2D eigenvalue weighted by molar-refractivity contribution is -0.200. The lowest BCUT2D eigenvalue weighted by atomic mass is 9.63. The summed E-state index contributed by atoms with van der Waals surface area (Å²) in [5.74, 6) is -0.0763. The zero-order chi connectivity index (χ0) is 20.9. The molecule has 3 unspecified atom stereocenters. The van der Waals surface area contributed by atoms with E-state index in [9.17, 15) is 13.3 Å². The van der Waals surface area contributed by atoms with Crippen molar-refractivity contribution in [2.75, 3.05) is 0 Å². The molecule has 0 bridgehead atoms. The van der Waals surface area contributed by atoms with Crippen molar-refractivity contribution in [2.24, 2.45) is 21.6 Å². The number of ether oxygens (including phenoxy) is 1. The van der Waals surface area contributed by atoms with E-state index in [0.717, 1.165) is 22.2 Å². The summed E-state index contributed by atoms with van der Waals surface area (Å²) in [4.78, 5) is 0. The first-order chi connectivity index (χ1) is 12.9. The number of hydrogen-bond donors (Lipinski definition) is 0. The summed E-state index contributed by atoms with van der Waals surface area (Å²) < 4.78 is 48.8. The van der Waals surface area contributed by atoms with Gasteiger partial charge in [-0.05, 0) is 69.6 Å². The molecular formula is C21H28BrF2NO2S. The molecule has 156 valence electrons. The number of alkyl halides is 2. The molecular weight excluding hydrogens is 448 g/mol. The monoisotopic (exact) mass is 475 g/mol. The molecule has 2 aliphatic rings. The maximum atomic E-state index is 12.9. The van der Waals surface area contributed by atoms with Gasteiger partial charge in [-0.1, -0.05) is 40.2 Å². The molecule has 1 aromatic carbocycles. The van der Waals surface area contributed by atoms with Crippen LogP contribution >= 0.6 is 15.9 Å². The second kappa shape index (κ2) is 7.97. The Balaban J connectivity index is 2.03. The van der Waals surface area contributed by atoms with Crippen LogP contribution in [0.3, 0.4) is 0 Å². The van der Waals surface area contributed by atoms with E-state index < -0.39 is 28.8 Å². The van der Waals surface area contributed by atoms with Crippen molar-refractivity contribution < 1.29 is 18.1 Å². The van der Waals surface area contributed by atoms with Gasteiger partial charge < -0.3 is 9.29 Å². The summed E-state index contributed by atoms with van der Waals surface area (Å²) in [6, 6.07) is 6.13. The minimum Gasteiger partial charge on any atom is -0.591 e. The van der Waals surface area contributed by atoms with E-state index in [1.807, 2.05) is 46.8 Å². The SMILES string of the molecule is C[C@@H]1CC2(Cc3ccc(Br)cc3C2=N[S+]([O-])C(C)(C)C)C[C@H](C)C1OC(F)F. The van der Waals surface area contributed by atoms with Crippen LogP contribution in [0, 0.1) is 17.3 Å². The molecule has 0 aromatic heterocycles. The Hall–Kier alpha value is -0.500. The molecule has 0 saturated heterocycles. The third-order valence-corrected chi connectivity index (χ3v) is 7.75. The summed E-state index contributed by atoms with van der Waals surface area (Å²) in [5.41, 5.74) is 2.79. The minimum absolute atomic E-state index is 0.0382. The molecule has 1 spiro atoms. The van der Waals surface area contributed by atoms with Crippen LogP contribution in [0.1, 0.15) is 58.6 Å². The molecule has 1 aromatic rings. The van der Waals surface area contributed by atoms with Gasteiger partial charge in [0, 0.05) is 15.5 Å². The van der Waals surface area contributed by atoms with E-state index >= 15 is 0 Å². The summed E-state index contributed by atoms with van der Waals surface area (Å²) >= 11 is 2.15. The Bertz CT molecular complexity index is 753. The number of halogens is 3. The second-order valence-electron chi connectivity index (χ2n) is 9.28. The van der Waals surface area contributed by atoms with E-state index in [1.54, 1.807) is 0 Å². The highest BCUT2D eigenvalue weighted by molar-refractivity contribution is 9.10. The Morgan fingerprint density at radius 2 is 1.86 bits per heavy atom. The van der Waals surface area contributed by atoms with Crippen LogP contribution in [-0.2, 0) is 22.5 Å². The number of benzene rings is 1. The topological polar surface area (TPSA) is 44.7 Å². The third-order valence-electron chi connectivity index (χ3n) is 5.86. The zero-order valence-electron chi connectivity index (χ0n) is 17.0. The van der Waals surface area contributed by atoms with Crippen molar-refractivity contribution in [3.63, 3.8) is 0 Å². The van der Waals surface area contributed by atoms with Gasteiger partial charge in [0.2, 0.25) is 0 Å². The van der Waals surface area contributed by atoms with Crippen LogP contribution in [0.25, 0.3) is 0 Å². The predicted molar refractivity (Wildman–Crippen MR) is 113 cm³/mol. The summed E-state index contributed by atoms with van der Waals surface area (Å²) in [6.45, 7) is 6.92. The molecule has 3 nitrogen and oxygen atoms in total. The number of rotatable bonds is 3. The van der Waals surface area contributed by atoms with Crippen LogP contribution in [0.2, 0.25) is 0 Å². The molecule has 0 aliphatic heterocycles. The number of fused-ring (bicyclic) bond motifs is 1. The van der Waals surface area contributed by atoms with E-state index in [0.29, 0.717) is 12.8 Å². The standard InChI is InChI=1S/C21H28BrF2NO2S/c1-12-9-21(10-13(2)17(12)27-19(23)24)11-14-6-7-15(22)8-16(14)18(21)25-28(26)20(3,4)5/h6-8,12-13,17,19H,9-11H2,1-5H3/t12-,13+,17?,21?,28?. The first-order valence-corrected chi connectivity index (χ1v) is 11.6. The minimum atomic E-state index is -2.76. The van der Waals surface area contributed by atoms with Crippen LogP contribution < -0.4 is 0 Å². The van der Waals surface area contributed by atoms with Gasteiger partial charge in [0.25, 0.3) is 0 Å². The van der Waals surface area contributed by atoms with Gasteiger partial charge in [-0.3, -0.25) is 0 Å². The summed E-state index contributed by atoms with van der Waals surface area (Å²) in [6.07, 6.45) is 1.71. The van der Waals surface area contributed by atoms with E-state index in [-0.39, 0.29) is 17.3 Å². The summed E-state index contributed by atoms with van der Waals surface area (Å²) in [7, 11) is 0. The van der Waals surface area contributed by atoms with Crippen LogP contribution in [-0.4, -0.2) is 27.7 Å². The average Bonchev–Trinajstić information content (AvgIpc) is 2.83. The molecule has 5 atom stereocenters. The first kappa shape index (κ1) is 22.2. The van der Waals surface area contributed by atoms with Crippen LogP contribution in [0.4, 0.5) is 8.78 Å². The molecule has 1 saturated carbocycles. The van der Waals surface area contributed by atoms with Gasteiger partial charge >= 0.3 is 6.61 Å². The second-order valence-corrected chi connectivity index (χ2v) is 12.1. The maximum absolute atomic E-state index is 12.9. The van der Waals surface area contributed by atoms with E-state index in [2.05, 4.69) is 22.0 Å². The molecule has 2 aliphatic carbocycles. The van der Waals surface area contributed by atoms with Crippen molar-refractivity contribution >= 4 is 33.0 Å². The van der Waals surface area contributed by atoms with E-state index in [1.165, 1.54) is 5.56 Å². The van der Waals surface area contributed by atoms with Crippen molar-refractivity contribution in [3.05, 3.63) is 33.8 Å². The van der Waals surface area contributed by atoms with Gasteiger partial charge in [-0.25, -0.2) is 0 Å². The Morgan fingerprint density at radius 3 is 2.39 bits per heavy atom. The van der Waals surface area contributed by atoms with Gasteiger partial charge in [0.05, 0.1) is 6.10 Å². The highest BCUT2D eigenvalue weighted by Crippen LogP contribution is 2.52. The molecule has 0 radical (unpaired) electrons. The Kier molecular flexibility index (Phi) is 6.32. The zero-order valence-corrected chi connectivity index (χ0v) is 19.4. The smallest absolute Gasteiger partial charge is 0.345 e. The fourth-order valence-electron chi connectivity index (χ4n) is 4.86. The van der Waals surface area contributed by atoms with Gasteiger partial charge in [0.15, 0.2) is 0 Å². The lowest BCUT2D eigenvalue weighted by Crippen LogP contribution is -2.46. The number of nitrogens with zero attached hydrogens (tertiary/aromatic N) is 1. The van der Waals surface area contributed by atoms with Crippen molar-refractivity contribution in [3.8, 4) is 0 Å². The molecule has 0 amide bonds. The van der Waals surface area contributed by atoms with Crippen LogP contribution in [0.5, 0.6) is 0 Å². The normalized spacial score (nSPS) is 32.9. The summed E-state index contributed by atoms with van der Waals surface area (Å²) in [5, 5.41) is 0. The molecule has 0 heterocycles. The highest BCUT2D eigenvalue weighted by atomic mass is 79.9. The molecule has 1 fully saturated rings. The van der Waals surface area contributed by atoms with Crippen molar-refractivity contribution in [1.82, 2.24) is 0 Å². The van der Waals surface area contributed by atoms with E-state index in [4.69, 9.17) is 9.13 Å². The van der Waals surface area contributed by atoms with Gasteiger partial charge in [-0.15, -0.1) is 0 Å². The maximum Gasteiger partial charge on any atom is 0.345 e.